The van der Waals surface area contributed by atoms with Crippen LogP contribution in [0.4, 0.5) is 18.9 Å². The number of para-hydroxylation sites is 1. The molecule has 1 rings (SSSR count). The van der Waals surface area contributed by atoms with Gasteiger partial charge in [0.25, 0.3) is 0 Å². The number of hydrogen-bond donors (Lipinski definition) is 1. The highest BCUT2D eigenvalue weighted by atomic mass is 32.2. The van der Waals surface area contributed by atoms with E-state index in [4.69, 9.17) is 0 Å². The Balaban J connectivity index is 2.83. The highest BCUT2D eigenvalue weighted by molar-refractivity contribution is 8.00. The summed E-state index contributed by atoms with van der Waals surface area (Å²) >= 11 is -0.0827. The second-order valence-electron chi connectivity index (χ2n) is 3.50. The lowest BCUT2D eigenvalue weighted by atomic mass is 10.2. The molecule has 0 saturated carbocycles. The number of nitrogens with one attached hydrogen (secondary N) is 1. The van der Waals surface area contributed by atoms with E-state index in [2.05, 4.69) is 5.32 Å². The average Bonchev–Trinajstić information content (AvgIpc) is 2.18. The molecule has 5 heteroatoms. The van der Waals surface area contributed by atoms with Gasteiger partial charge in [-0.25, -0.2) is 0 Å². The maximum atomic E-state index is 12.3. The van der Waals surface area contributed by atoms with Crippen LogP contribution >= 0.6 is 11.8 Å². The molecule has 0 amide bonds. The van der Waals surface area contributed by atoms with Crippen molar-refractivity contribution in [2.45, 2.75) is 36.7 Å². The average molecular weight is 249 g/mol. The van der Waals surface area contributed by atoms with Gasteiger partial charge in [0.15, 0.2) is 0 Å². The summed E-state index contributed by atoms with van der Waals surface area (Å²) in [6.07, 6.45) is 0.866. The molecule has 0 aliphatic heterocycles. The predicted molar refractivity (Wildman–Crippen MR) is 61.7 cm³/mol. The third kappa shape index (κ3) is 4.35. The molecule has 1 aromatic rings. The number of halogens is 3. The van der Waals surface area contributed by atoms with Gasteiger partial charge < -0.3 is 5.32 Å². The Bertz CT molecular complexity index is 338. The van der Waals surface area contributed by atoms with E-state index in [1.54, 1.807) is 18.2 Å². The molecular formula is C11H14F3NS. The molecule has 1 N–H and O–H groups in total. The van der Waals surface area contributed by atoms with Crippen molar-refractivity contribution in [3.63, 3.8) is 0 Å². The minimum Gasteiger partial charge on any atom is -0.382 e. The third-order valence-electron chi connectivity index (χ3n) is 2.13. The summed E-state index contributed by atoms with van der Waals surface area (Å²) in [5, 5.41) is 3.06. The van der Waals surface area contributed by atoms with Crippen LogP contribution in [0, 0.1) is 0 Å². The first kappa shape index (κ1) is 13.2. The van der Waals surface area contributed by atoms with Gasteiger partial charge in [0.1, 0.15) is 0 Å². The number of rotatable bonds is 4. The van der Waals surface area contributed by atoms with Crippen LogP contribution in [0.1, 0.15) is 20.3 Å². The van der Waals surface area contributed by atoms with Crippen molar-refractivity contribution in [3.8, 4) is 0 Å². The number of benzene rings is 1. The Labute approximate surface area is 97.4 Å². The summed E-state index contributed by atoms with van der Waals surface area (Å²) in [5.41, 5.74) is -3.70. The van der Waals surface area contributed by atoms with E-state index >= 15 is 0 Å². The molecule has 0 aliphatic rings. The van der Waals surface area contributed by atoms with Crippen molar-refractivity contribution in [1.82, 2.24) is 0 Å². The van der Waals surface area contributed by atoms with Gasteiger partial charge in [0.2, 0.25) is 0 Å². The minimum atomic E-state index is -4.24. The maximum Gasteiger partial charge on any atom is 0.446 e. The first-order valence-corrected chi connectivity index (χ1v) is 5.85. The predicted octanol–water partition coefficient (Wildman–Crippen LogP) is 4.51. The van der Waals surface area contributed by atoms with Gasteiger partial charge >= 0.3 is 5.51 Å². The SMILES string of the molecule is CCC(C)Nc1ccccc1SC(F)(F)F. The van der Waals surface area contributed by atoms with Crippen molar-refractivity contribution in [3.05, 3.63) is 24.3 Å². The first-order valence-electron chi connectivity index (χ1n) is 5.03. The van der Waals surface area contributed by atoms with Gasteiger partial charge in [-0.1, -0.05) is 19.1 Å². The lowest BCUT2D eigenvalue weighted by molar-refractivity contribution is -0.0327. The number of thioether (sulfide) groups is 1. The van der Waals surface area contributed by atoms with Crippen LogP contribution in [0.15, 0.2) is 29.2 Å². The molecule has 90 valence electrons. The van der Waals surface area contributed by atoms with Gasteiger partial charge in [0.05, 0.1) is 0 Å². The monoisotopic (exact) mass is 249 g/mol. The van der Waals surface area contributed by atoms with Crippen molar-refractivity contribution in [1.29, 1.82) is 0 Å². The van der Waals surface area contributed by atoms with E-state index in [1.807, 2.05) is 13.8 Å². The molecule has 1 unspecified atom stereocenters. The summed E-state index contributed by atoms with van der Waals surface area (Å²) in [6, 6.07) is 6.64. The molecule has 1 nitrogen and oxygen atoms in total. The smallest absolute Gasteiger partial charge is 0.382 e. The Morgan fingerprint density at radius 1 is 1.31 bits per heavy atom. The van der Waals surface area contributed by atoms with Crippen molar-refractivity contribution >= 4 is 17.4 Å². The van der Waals surface area contributed by atoms with Crippen LogP contribution in [0.25, 0.3) is 0 Å². The topological polar surface area (TPSA) is 12.0 Å². The maximum absolute atomic E-state index is 12.3. The second-order valence-corrected chi connectivity index (χ2v) is 4.60. The molecule has 0 fully saturated rings. The molecule has 0 aromatic heterocycles. The molecular weight excluding hydrogens is 235 g/mol. The normalized spacial score (nSPS) is 13.6. The molecule has 0 bridgehead atoms. The lowest BCUT2D eigenvalue weighted by Gasteiger charge is -2.16. The van der Waals surface area contributed by atoms with E-state index in [1.165, 1.54) is 6.07 Å². The number of hydrogen-bond acceptors (Lipinski definition) is 2. The van der Waals surface area contributed by atoms with Crippen molar-refractivity contribution < 1.29 is 13.2 Å². The largest absolute Gasteiger partial charge is 0.446 e. The molecule has 1 aromatic carbocycles. The zero-order chi connectivity index (χ0) is 12.2. The van der Waals surface area contributed by atoms with Crippen LogP contribution in [0.2, 0.25) is 0 Å². The third-order valence-corrected chi connectivity index (χ3v) is 2.93. The second kappa shape index (κ2) is 5.48. The fourth-order valence-corrected chi connectivity index (χ4v) is 1.80. The number of alkyl halides is 3. The zero-order valence-corrected chi connectivity index (χ0v) is 9.95. The van der Waals surface area contributed by atoms with Gasteiger partial charge in [-0.05, 0) is 37.2 Å². The van der Waals surface area contributed by atoms with Crippen LogP contribution in [0.3, 0.4) is 0 Å². The Kier molecular flexibility index (Phi) is 4.53. The molecule has 0 radical (unpaired) electrons. The molecule has 0 aliphatic carbocycles. The first-order chi connectivity index (χ1) is 7.42. The molecule has 16 heavy (non-hydrogen) atoms. The van der Waals surface area contributed by atoms with Gasteiger partial charge in [-0.15, -0.1) is 0 Å². The van der Waals surface area contributed by atoms with Gasteiger partial charge in [-0.3, -0.25) is 0 Å². The molecule has 0 saturated heterocycles. The quantitative estimate of drug-likeness (QED) is 0.788. The van der Waals surface area contributed by atoms with E-state index in [0.717, 1.165) is 6.42 Å². The van der Waals surface area contributed by atoms with E-state index < -0.39 is 5.51 Å². The van der Waals surface area contributed by atoms with Crippen LogP contribution in [-0.2, 0) is 0 Å². The summed E-state index contributed by atoms with van der Waals surface area (Å²) in [6.45, 7) is 3.92. The minimum absolute atomic E-state index is 0.0827. The standard InChI is InChI=1S/C11H14F3NS/c1-3-8(2)15-9-6-4-5-7-10(9)16-11(12,13)14/h4-8,15H,3H2,1-2H3. The summed E-state index contributed by atoms with van der Waals surface area (Å²) in [5.74, 6) is 0. The zero-order valence-electron chi connectivity index (χ0n) is 9.14. The van der Waals surface area contributed by atoms with E-state index in [9.17, 15) is 13.2 Å². The van der Waals surface area contributed by atoms with Gasteiger partial charge in [-0.2, -0.15) is 13.2 Å². The molecule has 0 spiro atoms. The van der Waals surface area contributed by atoms with Crippen LogP contribution < -0.4 is 5.32 Å². The highest BCUT2D eigenvalue weighted by Crippen LogP contribution is 2.40. The molecule has 0 heterocycles. The van der Waals surface area contributed by atoms with Crippen molar-refractivity contribution in [2.75, 3.05) is 5.32 Å². The summed E-state index contributed by atoms with van der Waals surface area (Å²) in [7, 11) is 0. The Morgan fingerprint density at radius 3 is 2.50 bits per heavy atom. The van der Waals surface area contributed by atoms with Crippen LogP contribution in [0.5, 0.6) is 0 Å². The number of anilines is 1. The summed E-state index contributed by atoms with van der Waals surface area (Å²) in [4.78, 5) is 0.218. The summed E-state index contributed by atoms with van der Waals surface area (Å²) < 4.78 is 36.8. The Hall–Kier alpha value is -0.840. The fourth-order valence-electron chi connectivity index (χ4n) is 1.17. The van der Waals surface area contributed by atoms with Gasteiger partial charge in [0, 0.05) is 16.6 Å². The van der Waals surface area contributed by atoms with Crippen LogP contribution in [-0.4, -0.2) is 11.6 Å². The highest BCUT2D eigenvalue weighted by Gasteiger charge is 2.30. The van der Waals surface area contributed by atoms with Crippen molar-refractivity contribution in [2.24, 2.45) is 0 Å². The Morgan fingerprint density at radius 2 is 1.94 bits per heavy atom. The fraction of sp³-hybridized carbons (Fsp3) is 0.455. The van der Waals surface area contributed by atoms with E-state index in [0.29, 0.717) is 5.69 Å². The molecule has 1 atom stereocenters. The van der Waals surface area contributed by atoms with E-state index in [-0.39, 0.29) is 22.7 Å². The lowest BCUT2D eigenvalue weighted by Crippen LogP contribution is -2.14.